The number of hydrogen-bond acceptors (Lipinski definition) is 1. The van der Waals surface area contributed by atoms with E-state index in [2.05, 4.69) is 19.9 Å². The number of aliphatic hydroxyl groups excluding tert-OH is 1. The van der Waals surface area contributed by atoms with E-state index in [4.69, 9.17) is 0 Å². The van der Waals surface area contributed by atoms with Crippen LogP contribution in [0.4, 0.5) is 0 Å². The van der Waals surface area contributed by atoms with Gasteiger partial charge in [-0.1, -0.05) is 25.5 Å². The van der Waals surface area contributed by atoms with Gasteiger partial charge < -0.3 is 5.11 Å². The summed E-state index contributed by atoms with van der Waals surface area (Å²) in [4.78, 5) is 0. The van der Waals surface area contributed by atoms with Crippen LogP contribution in [-0.4, -0.2) is 11.2 Å². The molecule has 0 spiro atoms. The predicted molar refractivity (Wildman–Crippen MR) is 82.3 cm³/mol. The van der Waals surface area contributed by atoms with Gasteiger partial charge in [-0.15, -0.1) is 0 Å². The lowest BCUT2D eigenvalue weighted by atomic mass is 9.47. The fourth-order valence-electron chi connectivity index (χ4n) is 6.73. The second-order valence-electron chi connectivity index (χ2n) is 8.59. The van der Waals surface area contributed by atoms with E-state index in [-0.39, 0.29) is 11.5 Å². The minimum Gasteiger partial charge on any atom is -0.393 e. The van der Waals surface area contributed by atoms with Crippen molar-refractivity contribution < 1.29 is 5.11 Å². The highest BCUT2D eigenvalue weighted by molar-refractivity contribution is 5.23. The molecule has 4 rings (SSSR count). The summed E-state index contributed by atoms with van der Waals surface area (Å²) in [6.45, 7) is 4.96. The molecule has 6 atom stereocenters. The van der Waals surface area contributed by atoms with Gasteiger partial charge in [0.15, 0.2) is 0 Å². The van der Waals surface area contributed by atoms with Gasteiger partial charge in [0.25, 0.3) is 0 Å². The highest BCUT2D eigenvalue weighted by atomic mass is 16.3. The largest absolute Gasteiger partial charge is 0.393 e. The molecule has 4 aliphatic carbocycles. The van der Waals surface area contributed by atoms with Gasteiger partial charge in [0.1, 0.15) is 0 Å². The molecular formula is C19H30O. The maximum Gasteiger partial charge on any atom is 0.0596 e. The summed E-state index contributed by atoms with van der Waals surface area (Å²) in [5.74, 6) is 2.61. The third-order valence-electron chi connectivity index (χ3n) is 7.98. The first-order valence-electron chi connectivity index (χ1n) is 8.93. The Morgan fingerprint density at radius 2 is 1.90 bits per heavy atom. The van der Waals surface area contributed by atoms with Crippen molar-refractivity contribution in [2.45, 2.75) is 77.7 Å². The summed E-state index contributed by atoms with van der Waals surface area (Å²) in [7, 11) is 0. The summed E-state index contributed by atoms with van der Waals surface area (Å²) in [5.41, 5.74) is 2.55. The van der Waals surface area contributed by atoms with Crippen LogP contribution in [0.1, 0.15) is 71.6 Å². The minimum atomic E-state index is -0.0236. The summed E-state index contributed by atoms with van der Waals surface area (Å²) < 4.78 is 0. The molecule has 0 aromatic carbocycles. The Bertz CT molecular complexity index is 439. The minimum absolute atomic E-state index is 0.0236. The first kappa shape index (κ1) is 13.4. The van der Waals surface area contributed by atoms with Gasteiger partial charge in [-0.25, -0.2) is 0 Å². The van der Waals surface area contributed by atoms with E-state index >= 15 is 0 Å². The van der Waals surface area contributed by atoms with Gasteiger partial charge >= 0.3 is 0 Å². The van der Waals surface area contributed by atoms with Gasteiger partial charge in [-0.2, -0.15) is 0 Å². The van der Waals surface area contributed by atoms with Gasteiger partial charge in [0, 0.05) is 0 Å². The molecule has 20 heavy (non-hydrogen) atoms. The Kier molecular flexibility index (Phi) is 2.91. The standard InChI is InChI=1S/C19H30O/c1-18-11-4-3-5-13(18)6-7-14-15-8-9-17(20)19(15,2)12-10-16(14)18/h5,14-17,20H,3-4,6-12H2,1-2H3/t14-,15-,16-,17+,18+,19+/m1/s1. The third kappa shape index (κ3) is 1.59. The molecule has 3 fully saturated rings. The van der Waals surface area contributed by atoms with E-state index in [9.17, 15) is 5.11 Å². The number of allylic oxidation sites excluding steroid dienone is 2. The Labute approximate surface area is 123 Å². The van der Waals surface area contributed by atoms with Crippen molar-refractivity contribution in [3.8, 4) is 0 Å². The molecule has 112 valence electrons. The first-order chi connectivity index (χ1) is 9.56. The van der Waals surface area contributed by atoms with Crippen LogP contribution >= 0.6 is 0 Å². The molecule has 0 aromatic rings. The average molecular weight is 274 g/mol. The number of rotatable bonds is 0. The Morgan fingerprint density at radius 1 is 1.05 bits per heavy atom. The van der Waals surface area contributed by atoms with Crippen LogP contribution in [0.15, 0.2) is 11.6 Å². The zero-order valence-electron chi connectivity index (χ0n) is 13.2. The topological polar surface area (TPSA) is 20.2 Å². The first-order valence-corrected chi connectivity index (χ1v) is 8.93. The molecule has 1 nitrogen and oxygen atoms in total. The Balaban J connectivity index is 1.68. The van der Waals surface area contributed by atoms with Crippen molar-refractivity contribution in [2.75, 3.05) is 0 Å². The highest BCUT2D eigenvalue weighted by Gasteiger charge is 2.58. The summed E-state index contributed by atoms with van der Waals surface area (Å²) in [6, 6.07) is 0. The van der Waals surface area contributed by atoms with E-state index in [1.165, 1.54) is 51.4 Å². The van der Waals surface area contributed by atoms with E-state index in [1.54, 1.807) is 5.57 Å². The molecule has 1 heteroatoms. The average Bonchev–Trinajstić information content (AvgIpc) is 2.74. The van der Waals surface area contributed by atoms with Crippen molar-refractivity contribution in [1.82, 2.24) is 0 Å². The SMILES string of the molecule is C[C@]12CC[C@@H]3[C@H](CCC4=CCCC[C@@]43C)[C@H]1CC[C@@H]2O. The third-order valence-corrected chi connectivity index (χ3v) is 7.98. The van der Waals surface area contributed by atoms with Crippen LogP contribution in [0.2, 0.25) is 0 Å². The molecule has 0 aliphatic heterocycles. The van der Waals surface area contributed by atoms with Crippen molar-refractivity contribution in [3.05, 3.63) is 11.6 Å². The molecule has 0 unspecified atom stereocenters. The molecule has 0 radical (unpaired) electrons. The lowest BCUT2D eigenvalue weighted by molar-refractivity contribution is -0.0736. The lowest BCUT2D eigenvalue weighted by Gasteiger charge is -2.57. The second kappa shape index (κ2) is 4.35. The van der Waals surface area contributed by atoms with Crippen molar-refractivity contribution >= 4 is 0 Å². The van der Waals surface area contributed by atoms with E-state index in [0.717, 1.165) is 24.2 Å². The fraction of sp³-hybridized carbons (Fsp3) is 0.895. The molecule has 0 bridgehead atoms. The van der Waals surface area contributed by atoms with Crippen LogP contribution in [0.5, 0.6) is 0 Å². The van der Waals surface area contributed by atoms with E-state index in [0.29, 0.717) is 5.41 Å². The normalized spacial score (nSPS) is 54.6. The number of fused-ring (bicyclic) bond motifs is 5. The molecule has 1 N–H and O–H groups in total. The van der Waals surface area contributed by atoms with Gasteiger partial charge in [0.05, 0.1) is 6.10 Å². The molecule has 3 saturated carbocycles. The van der Waals surface area contributed by atoms with Crippen molar-refractivity contribution in [3.63, 3.8) is 0 Å². The molecular weight excluding hydrogens is 244 g/mol. The van der Waals surface area contributed by atoms with Crippen LogP contribution in [0, 0.1) is 28.6 Å². The quantitative estimate of drug-likeness (QED) is 0.635. The van der Waals surface area contributed by atoms with Gasteiger partial charge in [-0.3, -0.25) is 0 Å². The summed E-state index contributed by atoms with van der Waals surface area (Å²) in [5, 5.41) is 10.5. The highest BCUT2D eigenvalue weighted by Crippen LogP contribution is 2.65. The smallest absolute Gasteiger partial charge is 0.0596 e. The number of hydrogen-bond donors (Lipinski definition) is 1. The zero-order valence-corrected chi connectivity index (χ0v) is 13.2. The Morgan fingerprint density at radius 3 is 2.75 bits per heavy atom. The van der Waals surface area contributed by atoms with Crippen LogP contribution in [0.25, 0.3) is 0 Å². The maximum absolute atomic E-state index is 10.5. The van der Waals surface area contributed by atoms with Crippen molar-refractivity contribution in [1.29, 1.82) is 0 Å². The molecule has 0 aromatic heterocycles. The molecule has 0 saturated heterocycles. The molecule has 0 heterocycles. The zero-order chi connectivity index (χ0) is 14.0. The van der Waals surface area contributed by atoms with Crippen molar-refractivity contribution in [2.24, 2.45) is 28.6 Å². The van der Waals surface area contributed by atoms with E-state index in [1.807, 2.05) is 0 Å². The Hall–Kier alpha value is -0.300. The molecule has 0 amide bonds. The molecule has 4 aliphatic rings. The maximum atomic E-state index is 10.5. The summed E-state index contributed by atoms with van der Waals surface area (Å²) >= 11 is 0. The predicted octanol–water partition coefficient (Wildman–Crippen LogP) is 4.70. The van der Waals surface area contributed by atoms with Crippen LogP contribution < -0.4 is 0 Å². The van der Waals surface area contributed by atoms with Gasteiger partial charge in [-0.05, 0) is 86.4 Å². The lowest BCUT2D eigenvalue weighted by Crippen LogP contribution is -2.50. The second-order valence-corrected chi connectivity index (χ2v) is 8.59. The van der Waals surface area contributed by atoms with Gasteiger partial charge in [0.2, 0.25) is 0 Å². The van der Waals surface area contributed by atoms with E-state index < -0.39 is 0 Å². The van der Waals surface area contributed by atoms with Crippen LogP contribution in [-0.2, 0) is 0 Å². The monoisotopic (exact) mass is 274 g/mol. The van der Waals surface area contributed by atoms with Crippen LogP contribution in [0.3, 0.4) is 0 Å². The number of aliphatic hydroxyl groups is 1. The fourth-order valence-corrected chi connectivity index (χ4v) is 6.73. The summed E-state index contributed by atoms with van der Waals surface area (Å²) in [6.07, 6.45) is 14.4.